The van der Waals surface area contributed by atoms with Gasteiger partial charge in [-0.1, -0.05) is 29.4 Å². The van der Waals surface area contributed by atoms with Gasteiger partial charge in [0, 0.05) is 5.69 Å². The number of nitrogens with one attached hydrogen (secondary N) is 1. The molecule has 0 unspecified atom stereocenters. The van der Waals surface area contributed by atoms with Crippen LogP contribution in [0.2, 0.25) is 0 Å². The molecule has 0 fully saturated rings. The third-order valence-corrected chi connectivity index (χ3v) is 3.95. The first-order valence-corrected chi connectivity index (χ1v) is 8.02. The van der Waals surface area contributed by atoms with Crippen LogP contribution in [0.5, 0.6) is 0 Å². The summed E-state index contributed by atoms with van der Waals surface area (Å²) in [4.78, 5) is 16.9. The van der Waals surface area contributed by atoms with E-state index in [1.54, 1.807) is 18.3 Å². The molecule has 2 aromatic heterocycles. The van der Waals surface area contributed by atoms with Crippen LogP contribution in [-0.2, 0) is 11.2 Å². The summed E-state index contributed by atoms with van der Waals surface area (Å²) in [7, 11) is 0. The number of hydrogen-bond donors (Lipinski definition) is 1. The first-order chi connectivity index (χ1) is 11.3. The highest BCUT2D eigenvalue weighted by atomic mass is 32.1. The molecule has 0 aliphatic rings. The number of carbonyl (C=O) groups is 1. The number of anilines is 1. The number of amides is 1. The number of nitrogens with zero attached hydrogens (tertiary/aromatic N) is 2. The topological polar surface area (TPSA) is 77.2 Å². The largest absolute Gasteiger partial charge is 0.450 e. The number of carbonyl (C=O) groups excluding carboxylic acids is 1. The van der Waals surface area contributed by atoms with Gasteiger partial charge in [0.2, 0.25) is 11.7 Å². The third-order valence-electron chi connectivity index (χ3n) is 3.08. The van der Waals surface area contributed by atoms with Crippen LogP contribution in [0.1, 0.15) is 18.4 Å². The molecule has 6 nitrogen and oxygen atoms in total. The van der Waals surface area contributed by atoms with Crippen LogP contribution in [0.15, 0.2) is 46.3 Å². The molecule has 0 spiro atoms. The fraction of sp³-hybridized carbons (Fsp3) is 0.188. The highest BCUT2D eigenvalue weighted by Crippen LogP contribution is 2.23. The molecule has 0 saturated carbocycles. The van der Waals surface area contributed by atoms with Crippen LogP contribution >= 0.6 is 11.3 Å². The molecular weight excluding hydrogens is 314 g/mol. The summed E-state index contributed by atoms with van der Waals surface area (Å²) in [5.74, 6) is 1.07. The lowest BCUT2D eigenvalue weighted by Gasteiger charge is -2.09. The Kier molecular flexibility index (Phi) is 4.68. The van der Waals surface area contributed by atoms with Crippen molar-refractivity contribution in [3.05, 3.63) is 53.2 Å². The van der Waals surface area contributed by atoms with Gasteiger partial charge in [-0.25, -0.2) is 4.79 Å². The minimum absolute atomic E-state index is 0.321. The molecule has 2 heterocycles. The second-order valence-corrected chi connectivity index (χ2v) is 5.62. The lowest BCUT2D eigenvalue weighted by molar-refractivity contribution is 0.168. The van der Waals surface area contributed by atoms with Crippen molar-refractivity contribution < 1.29 is 14.1 Å². The summed E-state index contributed by atoms with van der Waals surface area (Å²) in [6, 6.07) is 11.3. The fourth-order valence-corrected chi connectivity index (χ4v) is 2.72. The summed E-state index contributed by atoms with van der Waals surface area (Å²) >= 11 is 1.55. The van der Waals surface area contributed by atoms with Gasteiger partial charge in [-0.05, 0) is 30.0 Å². The Morgan fingerprint density at radius 3 is 2.96 bits per heavy atom. The fourth-order valence-electron chi connectivity index (χ4n) is 2.07. The number of rotatable bonds is 5. The summed E-state index contributed by atoms with van der Waals surface area (Å²) in [6.45, 7) is 2.08. The Bertz CT molecular complexity index is 783. The van der Waals surface area contributed by atoms with Crippen LogP contribution in [0.25, 0.3) is 10.7 Å². The minimum Gasteiger partial charge on any atom is -0.450 e. The van der Waals surface area contributed by atoms with Gasteiger partial charge in [0.15, 0.2) is 0 Å². The maximum Gasteiger partial charge on any atom is 0.411 e. The molecule has 1 N–H and O–H groups in total. The zero-order valence-electron chi connectivity index (χ0n) is 12.5. The van der Waals surface area contributed by atoms with E-state index in [4.69, 9.17) is 9.26 Å². The zero-order valence-corrected chi connectivity index (χ0v) is 13.3. The molecule has 1 aromatic carbocycles. The average molecular weight is 329 g/mol. The predicted octanol–water partition coefficient (Wildman–Crippen LogP) is 3.96. The van der Waals surface area contributed by atoms with Gasteiger partial charge in [-0.3, -0.25) is 5.32 Å². The molecular formula is C16H15N3O3S. The second-order valence-electron chi connectivity index (χ2n) is 4.67. The number of aromatic nitrogens is 2. The van der Waals surface area contributed by atoms with E-state index in [0.717, 1.165) is 10.4 Å². The smallest absolute Gasteiger partial charge is 0.411 e. The van der Waals surface area contributed by atoms with E-state index in [9.17, 15) is 4.79 Å². The molecule has 0 bridgehead atoms. The van der Waals surface area contributed by atoms with Gasteiger partial charge >= 0.3 is 6.09 Å². The van der Waals surface area contributed by atoms with Gasteiger partial charge in [-0.15, -0.1) is 11.3 Å². The first-order valence-electron chi connectivity index (χ1n) is 7.14. The van der Waals surface area contributed by atoms with Gasteiger partial charge in [0.05, 0.1) is 17.9 Å². The first kappa shape index (κ1) is 15.2. The summed E-state index contributed by atoms with van der Waals surface area (Å²) in [6.07, 6.45) is -0.0502. The molecule has 0 aliphatic heterocycles. The lowest BCUT2D eigenvalue weighted by atomic mass is 10.1. The van der Waals surface area contributed by atoms with E-state index in [1.165, 1.54) is 0 Å². The maximum absolute atomic E-state index is 11.6. The van der Waals surface area contributed by atoms with Gasteiger partial charge in [0.1, 0.15) is 0 Å². The van der Waals surface area contributed by atoms with Crippen LogP contribution in [0, 0.1) is 0 Å². The predicted molar refractivity (Wildman–Crippen MR) is 87.5 cm³/mol. The number of thiophene rings is 1. The molecule has 0 atom stereocenters. The van der Waals surface area contributed by atoms with E-state index in [-0.39, 0.29) is 0 Å². The summed E-state index contributed by atoms with van der Waals surface area (Å²) in [5, 5.41) is 8.67. The summed E-state index contributed by atoms with van der Waals surface area (Å²) in [5.41, 5.74) is 1.55. The van der Waals surface area contributed by atoms with Crippen LogP contribution < -0.4 is 5.32 Å². The quantitative estimate of drug-likeness (QED) is 0.766. The van der Waals surface area contributed by atoms with Crippen LogP contribution in [0.4, 0.5) is 10.5 Å². The minimum atomic E-state index is -0.482. The summed E-state index contributed by atoms with van der Waals surface area (Å²) < 4.78 is 10.2. The van der Waals surface area contributed by atoms with E-state index in [0.29, 0.717) is 30.4 Å². The highest BCUT2D eigenvalue weighted by molar-refractivity contribution is 7.13. The maximum atomic E-state index is 11.6. The van der Waals surface area contributed by atoms with Crippen molar-refractivity contribution >= 4 is 23.1 Å². The van der Waals surface area contributed by atoms with Crippen LogP contribution in [-0.4, -0.2) is 22.8 Å². The van der Waals surface area contributed by atoms with E-state index in [2.05, 4.69) is 15.5 Å². The highest BCUT2D eigenvalue weighted by Gasteiger charge is 2.13. The number of hydrogen-bond acceptors (Lipinski definition) is 6. The second kappa shape index (κ2) is 7.06. The third kappa shape index (κ3) is 3.75. The Labute approximate surface area is 137 Å². The number of ether oxygens (including phenoxy) is 1. The van der Waals surface area contributed by atoms with E-state index < -0.39 is 6.09 Å². The molecule has 118 valence electrons. The molecule has 1 amide bonds. The number of para-hydroxylation sites is 1. The Morgan fingerprint density at radius 1 is 1.30 bits per heavy atom. The standard InChI is InChI=1S/C16H15N3O3S/c1-2-21-16(20)17-12-7-4-3-6-11(12)10-14-18-15(19-22-14)13-8-5-9-23-13/h3-9H,2,10H2,1H3,(H,17,20). The lowest BCUT2D eigenvalue weighted by Crippen LogP contribution is -2.14. The van der Waals surface area contributed by atoms with Crippen molar-refractivity contribution in [3.8, 4) is 10.7 Å². The van der Waals surface area contributed by atoms with Crippen molar-refractivity contribution in [2.45, 2.75) is 13.3 Å². The molecule has 7 heteroatoms. The molecule has 0 radical (unpaired) electrons. The molecule has 3 aromatic rings. The SMILES string of the molecule is CCOC(=O)Nc1ccccc1Cc1nc(-c2cccs2)no1. The van der Waals surface area contributed by atoms with Crippen LogP contribution in [0.3, 0.4) is 0 Å². The zero-order chi connectivity index (χ0) is 16.1. The Balaban J connectivity index is 1.76. The number of benzene rings is 1. The van der Waals surface area contributed by atoms with E-state index in [1.807, 2.05) is 41.8 Å². The Morgan fingerprint density at radius 2 is 2.17 bits per heavy atom. The normalized spacial score (nSPS) is 10.5. The molecule has 3 rings (SSSR count). The average Bonchev–Trinajstić information content (AvgIpc) is 3.20. The van der Waals surface area contributed by atoms with Crippen molar-refractivity contribution in [1.82, 2.24) is 10.1 Å². The van der Waals surface area contributed by atoms with Gasteiger partial charge in [-0.2, -0.15) is 4.98 Å². The van der Waals surface area contributed by atoms with Crippen molar-refractivity contribution in [3.63, 3.8) is 0 Å². The van der Waals surface area contributed by atoms with Crippen molar-refractivity contribution in [2.75, 3.05) is 11.9 Å². The molecule has 0 saturated heterocycles. The van der Waals surface area contributed by atoms with Crippen molar-refractivity contribution in [1.29, 1.82) is 0 Å². The van der Waals surface area contributed by atoms with E-state index >= 15 is 0 Å². The molecule has 0 aliphatic carbocycles. The van der Waals surface area contributed by atoms with Gasteiger partial charge < -0.3 is 9.26 Å². The monoisotopic (exact) mass is 329 g/mol. The molecule has 23 heavy (non-hydrogen) atoms. The van der Waals surface area contributed by atoms with Crippen molar-refractivity contribution in [2.24, 2.45) is 0 Å². The Hall–Kier alpha value is -2.67. The van der Waals surface area contributed by atoms with Gasteiger partial charge in [0.25, 0.3) is 0 Å².